The standard InChI is InChI=1S/C10H16N2O3/c1-10(6-11,7-2-3-7)12-8(13)4-15-5-9(12)14/h7H,2-6,11H2,1H3. The Kier molecular flexibility index (Phi) is 2.52. The van der Waals surface area contributed by atoms with E-state index < -0.39 is 5.54 Å². The van der Waals surface area contributed by atoms with Crippen LogP contribution in [-0.4, -0.2) is 42.0 Å². The highest BCUT2D eigenvalue weighted by atomic mass is 16.5. The van der Waals surface area contributed by atoms with Crippen LogP contribution in [0, 0.1) is 5.92 Å². The largest absolute Gasteiger partial charge is 0.362 e. The van der Waals surface area contributed by atoms with Gasteiger partial charge in [-0.1, -0.05) is 0 Å². The first-order chi connectivity index (χ1) is 7.09. The van der Waals surface area contributed by atoms with E-state index in [-0.39, 0.29) is 25.0 Å². The molecule has 1 aliphatic carbocycles. The fourth-order valence-electron chi connectivity index (χ4n) is 2.21. The van der Waals surface area contributed by atoms with Gasteiger partial charge in [0, 0.05) is 6.54 Å². The number of nitrogens with two attached hydrogens (primary N) is 1. The molecule has 2 rings (SSSR count). The van der Waals surface area contributed by atoms with Crippen LogP contribution in [0.25, 0.3) is 0 Å². The molecule has 0 bridgehead atoms. The fourth-order valence-corrected chi connectivity index (χ4v) is 2.21. The molecular formula is C10H16N2O3. The molecule has 1 saturated carbocycles. The smallest absolute Gasteiger partial charge is 0.255 e. The van der Waals surface area contributed by atoms with Crippen LogP contribution >= 0.6 is 0 Å². The van der Waals surface area contributed by atoms with Gasteiger partial charge >= 0.3 is 0 Å². The van der Waals surface area contributed by atoms with Gasteiger partial charge in [-0.3, -0.25) is 14.5 Å². The van der Waals surface area contributed by atoms with E-state index in [9.17, 15) is 9.59 Å². The van der Waals surface area contributed by atoms with Crippen molar-refractivity contribution in [2.24, 2.45) is 11.7 Å². The predicted octanol–water partition coefficient (Wildman–Crippen LogP) is -0.501. The molecule has 0 aromatic heterocycles. The molecule has 1 aliphatic heterocycles. The molecule has 84 valence electrons. The van der Waals surface area contributed by atoms with Crippen molar-refractivity contribution in [1.29, 1.82) is 0 Å². The van der Waals surface area contributed by atoms with Crippen molar-refractivity contribution >= 4 is 11.8 Å². The zero-order valence-electron chi connectivity index (χ0n) is 8.86. The lowest BCUT2D eigenvalue weighted by Gasteiger charge is -2.41. The highest BCUT2D eigenvalue weighted by Gasteiger charge is 2.50. The number of amides is 2. The molecule has 1 heterocycles. The lowest BCUT2D eigenvalue weighted by Crippen LogP contribution is -2.62. The summed E-state index contributed by atoms with van der Waals surface area (Å²) in [5.41, 5.74) is 5.21. The van der Waals surface area contributed by atoms with Crippen molar-refractivity contribution in [2.75, 3.05) is 19.8 Å². The second kappa shape index (κ2) is 3.57. The summed E-state index contributed by atoms with van der Waals surface area (Å²) in [5.74, 6) is -0.147. The van der Waals surface area contributed by atoms with Crippen molar-refractivity contribution in [1.82, 2.24) is 4.90 Å². The summed E-state index contributed by atoms with van der Waals surface area (Å²) in [5, 5.41) is 0. The van der Waals surface area contributed by atoms with Crippen LogP contribution in [0.5, 0.6) is 0 Å². The SMILES string of the molecule is CC(CN)(C1CC1)N1C(=O)COCC1=O. The molecule has 5 nitrogen and oxygen atoms in total. The maximum Gasteiger partial charge on any atom is 0.255 e. The molecular weight excluding hydrogens is 196 g/mol. The minimum Gasteiger partial charge on any atom is -0.362 e. The molecule has 2 aliphatic rings. The van der Waals surface area contributed by atoms with Crippen LogP contribution in [-0.2, 0) is 14.3 Å². The molecule has 5 heteroatoms. The van der Waals surface area contributed by atoms with Gasteiger partial charge in [-0.25, -0.2) is 0 Å². The Morgan fingerprint density at radius 2 is 1.93 bits per heavy atom. The van der Waals surface area contributed by atoms with Gasteiger partial charge in [0.2, 0.25) is 0 Å². The van der Waals surface area contributed by atoms with E-state index in [4.69, 9.17) is 10.5 Å². The van der Waals surface area contributed by atoms with E-state index in [1.807, 2.05) is 6.92 Å². The monoisotopic (exact) mass is 212 g/mol. The summed E-state index contributed by atoms with van der Waals surface area (Å²) >= 11 is 0. The molecule has 0 aromatic rings. The Labute approximate surface area is 88.5 Å². The van der Waals surface area contributed by atoms with Crippen LogP contribution in [0.2, 0.25) is 0 Å². The Morgan fingerprint density at radius 1 is 1.40 bits per heavy atom. The third-order valence-electron chi connectivity index (χ3n) is 3.33. The third kappa shape index (κ3) is 1.66. The van der Waals surface area contributed by atoms with Gasteiger partial charge < -0.3 is 10.5 Å². The third-order valence-corrected chi connectivity index (χ3v) is 3.33. The highest BCUT2D eigenvalue weighted by Crippen LogP contribution is 2.43. The number of hydrogen-bond donors (Lipinski definition) is 1. The number of rotatable bonds is 3. The predicted molar refractivity (Wildman–Crippen MR) is 52.9 cm³/mol. The summed E-state index contributed by atoms with van der Waals surface area (Å²) in [6, 6.07) is 0. The molecule has 15 heavy (non-hydrogen) atoms. The molecule has 0 radical (unpaired) electrons. The van der Waals surface area contributed by atoms with E-state index in [0.717, 1.165) is 12.8 Å². The van der Waals surface area contributed by atoms with Crippen LogP contribution in [0.4, 0.5) is 0 Å². The Morgan fingerprint density at radius 3 is 2.33 bits per heavy atom. The average Bonchev–Trinajstić information content (AvgIpc) is 3.00. The van der Waals surface area contributed by atoms with Gasteiger partial charge in [-0.2, -0.15) is 0 Å². The number of carbonyl (C=O) groups is 2. The topological polar surface area (TPSA) is 72.6 Å². The van der Waals surface area contributed by atoms with Gasteiger partial charge in [0.1, 0.15) is 13.2 Å². The zero-order valence-corrected chi connectivity index (χ0v) is 8.86. The van der Waals surface area contributed by atoms with Gasteiger partial charge in [-0.15, -0.1) is 0 Å². The van der Waals surface area contributed by atoms with E-state index in [1.165, 1.54) is 4.90 Å². The van der Waals surface area contributed by atoms with Gasteiger partial charge in [0.25, 0.3) is 11.8 Å². The zero-order chi connectivity index (χ0) is 11.1. The number of morpholine rings is 1. The van der Waals surface area contributed by atoms with Crippen molar-refractivity contribution < 1.29 is 14.3 Å². The molecule has 0 aromatic carbocycles. The van der Waals surface area contributed by atoms with Crippen LogP contribution in [0.3, 0.4) is 0 Å². The Hall–Kier alpha value is -0.940. The van der Waals surface area contributed by atoms with Gasteiger partial charge in [0.15, 0.2) is 0 Å². The number of hydrogen-bond acceptors (Lipinski definition) is 4. The first kappa shape index (κ1) is 10.6. The first-order valence-electron chi connectivity index (χ1n) is 5.23. The fraction of sp³-hybridized carbons (Fsp3) is 0.800. The number of imide groups is 1. The maximum absolute atomic E-state index is 11.7. The van der Waals surface area contributed by atoms with E-state index in [1.54, 1.807) is 0 Å². The summed E-state index contributed by atoms with van der Waals surface area (Å²) in [4.78, 5) is 24.7. The van der Waals surface area contributed by atoms with E-state index in [0.29, 0.717) is 12.5 Å². The van der Waals surface area contributed by atoms with Crippen molar-refractivity contribution in [3.63, 3.8) is 0 Å². The summed E-state index contributed by atoms with van der Waals surface area (Å²) in [6.45, 7) is 2.21. The lowest BCUT2D eigenvalue weighted by atomic mass is 9.92. The normalized spacial score (nSPS) is 26.7. The van der Waals surface area contributed by atoms with Crippen molar-refractivity contribution in [3.8, 4) is 0 Å². The quantitative estimate of drug-likeness (QED) is 0.640. The lowest BCUT2D eigenvalue weighted by molar-refractivity contribution is -0.166. The van der Waals surface area contributed by atoms with Gasteiger partial charge in [-0.05, 0) is 25.7 Å². The highest BCUT2D eigenvalue weighted by molar-refractivity contribution is 5.99. The molecule has 1 saturated heterocycles. The number of nitrogens with zero attached hydrogens (tertiary/aromatic N) is 1. The summed E-state index contributed by atoms with van der Waals surface area (Å²) < 4.78 is 4.88. The summed E-state index contributed by atoms with van der Waals surface area (Å²) in [7, 11) is 0. The van der Waals surface area contributed by atoms with Crippen molar-refractivity contribution in [3.05, 3.63) is 0 Å². The molecule has 2 N–H and O–H groups in total. The number of carbonyl (C=O) groups excluding carboxylic acids is 2. The van der Waals surface area contributed by atoms with E-state index in [2.05, 4.69) is 0 Å². The van der Waals surface area contributed by atoms with Crippen LogP contribution < -0.4 is 5.73 Å². The Bertz CT molecular complexity index is 285. The summed E-state index contributed by atoms with van der Waals surface area (Å²) in [6.07, 6.45) is 2.09. The van der Waals surface area contributed by atoms with Crippen LogP contribution in [0.15, 0.2) is 0 Å². The minimum atomic E-state index is -0.502. The molecule has 2 fully saturated rings. The Balaban J connectivity index is 2.24. The van der Waals surface area contributed by atoms with Gasteiger partial charge in [0.05, 0.1) is 5.54 Å². The first-order valence-corrected chi connectivity index (χ1v) is 5.23. The molecule has 0 spiro atoms. The molecule has 2 amide bonds. The van der Waals surface area contributed by atoms with Crippen LogP contribution in [0.1, 0.15) is 19.8 Å². The molecule has 1 atom stereocenters. The maximum atomic E-state index is 11.7. The second-order valence-electron chi connectivity index (χ2n) is 4.45. The van der Waals surface area contributed by atoms with E-state index >= 15 is 0 Å². The average molecular weight is 212 g/mol. The minimum absolute atomic E-state index is 0.00590. The number of ether oxygens (including phenoxy) is 1. The molecule has 1 unspecified atom stereocenters. The van der Waals surface area contributed by atoms with Crippen molar-refractivity contribution in [2.45, 2.75) is 25.3 Å². The second-order valence-corrected chi connectivity index (χ2v) is 4.45.